The van der Waals surface area contributed by atoms with E-state index in [0.717, 1.165) is 111 Å². The molecule has 0 aliphatic rings. The first-order valence-electron chi connectivity index (χ1n) is 29.1. The summed E-state index contributed by atoms with van der Waals surface area (Å²) in [5, 5.41) is 4.73. The van der Waals surface area contributed by atoms with Crippen molar-refractivity contribution in [3.8, 4) is 101 Å². The third kappa shape index (κ3) is 9.59. The van der Waals surface area contributed by atoms with Crippen LogP contribution in [0.5, 0.6) is 0 Å². The largest absolute Gasteiger partial charge is 0.309 e. The summed E-state index contributed by atoms with van der Waals surface area (Å²) < 4.78 is 4.89. The van der Waals surface area contributed by atoms with Gasteiger partial charge in [-0.25, -0.2) is 15.0 Å². The van der Waals surface area contributed by atoms with Crippen molar-refractivity contribution < 1.29 is 0 Å². The number of benzene rings is 12. The maximum atomic E-state index is 5.55. The Hall–Kier alpha value is -11.5. The highest BCUT2D eigenvalue weighted by molar-refractivity contribution is 6.13. The molecule has 15 aromatic rings. The number of fused-ring (bicyclic) bond motifs is 6. The minimum absolute atomic E-state index is 0.549. The van der Waals surface area contributed by atoms with Crippen LogP contribution in [0.3, 0.4) is 0 Å². The molecule has 0 fully saturated rings. The molecule has 404 valence electrons. The molecule has 0 aliphatic heterocycles. The smallest absolute Gasteiger partial charge is 0.164 e. The van der Waals surface area contributed by atoms with Gasteiger partial charge in [-0.1, -0.05) is 261 Å². The summed E-state index contributed by atoms with van der Waals surface area (Å²) in [5.74, 6) is 1.69. The van der Waals surface area contributed by atoms with E-state index in [0.29, 0.717) is 17.5 Å². The van der Waals surface area contributed by atoms with E-state index in [4.69, 9.17) is 15.0 Å². The normalized spacial score (nSPS) is 11.7. The van der Waals surface area contributed by atoms with Crippen LogP contribution >= 0.6 is 0 Å². The molecule has 12 aromatic carbocycles. The van der Waals surface area contributed by atoms with Crippen molar-refractivity contribution in [3.63, 3.8) is 0 Å². The Labute approximate surface area is 499 Å². The van der Waals surface area contributed by atoms with Crippen LogP contribution < -0.4 is 0 Å². The fraction of sp³-hybridized carbons (Fsp3) is 0. The van der Waals surface area contributed by atoms with Gasteiger partial charge >= 0.3 is 0 Å². The Morgan fingerprint density at radius 3 is 1.27 bits per heavy atom. The van der Waals surface area contributed by atoms with Crippen molar-refractivity contribution in [1.82, 2.24) is 24.1 Å². The van der Waals surface area contributed by atoms with Crippen molar-refractivity contribution in [2.24, 2.45) is 0 Å². The average molecular weight is 1100 g/mol. The van der Waals surface area contributed by atoms with Gasteiger partial charge in [0.15, 0.2) is 17.5 Å². The Bertz CT molecular complexity index is 4970. The second-order valence-electron chi connectivity index (χ2n) is 21.6. The van der Waals surface area contributed by atoms with E-state index in [2.05, 4.69) is 313 Å². The standard InChI is InChI=1S/C81H55N5/c1-2-3-4-10-35-63-48-67(81-83-79(61-42-40-59(41-43-61)55-25-11-5-12-26-55)82-80(84-81)66-50-64(57-29-15-7-16-30-57)49-65(51-66)58-31-17-8-18-32-58)52-72(60-33-19-9-20-34-60)78(63)86-76-47-45-68(85-74-38-23-21-36-69(74)70-37-22-24-39-75(70)85)54-73(76)71-46-44-62(53-77(71)86)56-27-13-6-14-28-56/h2-54H,1H2/b4-3-,35-10+. The molecule has 0 unspecified atom stereocenters. The zero-order valence-electron chi connectivity index (χ0n) is 47.0. The van der Waals surface area contributed by atoms with E-state index < -0.39 is 0 Å². The average Bonchev–Trinajstić information content (AvgIpc) is 1.75. The molecular formula is C81H55N5. The van der Waals surface area contributed by atoms with Gasteiger partial charge in [0.25, 0.3) is 0 Å². The fourth-order valence-corrected chi connectivity index (χ4v) is 12.3. The SMILES string of the molecule is C=C/C=C\C=C\c1cc(-c2nc(-c3ccc(-c4ccccc4)cc3)nc(-c3cc(-c4ccccc4)cc(-c4ccccc4)c3)n2)cc(-c2ccccc2)c1-n1c2ccc(-n3c4ccccc4c4ccccc43)cc2c2ccc(-c3ccccc3)cc21. The number of nitrogens with zero attached hydrogens (tertiary/aromatic N) is 5. The van der Waals surface area contributed by atoms with Crippen molar-refractivity contribution >= 4 is 49.7 Å². The zero-order chi connectivity index (χ0) is 57.3. The van der Waals surface area contributed by atoms with Gasteiger partial charge < -0.3 is 9.13 Å². The van der Waals surface area contributed by atoms with Crippen LogP contribution in [0.1, 0.15) is 5.56 Å². The number of rotatable bonds is 13. The van der Waals surface area contributed by atoms with Gasteiger partial charge in [0.2, 0.25) is 0 Å². The third-order valence-corrected chi connectivity index (χ3v) is 16.3. The van der Waals surface area contributed by atoms with Crippen LogP contribution in [-0.2, 0) is 0 Å². The van der Waals surface area contributed by atoms with Gasteiger partial charge in [0, 0.05) is 49.5 Å². The fourth-order valence-electron chi connectivity index (χ4n) is 12.3. The summed E-state index contributed by atoms with van der Waals surface area (Å²) in [7, 11) is 0. The number of hydrogen-bond acceptors (Lipinski definition) is 3. The second kappa shape index (κ2) is 22.3. The first-order valence-corrected chi connectivity index (χ1v) is 29.1. The lowest BCUT2D eigenvalue weighted by molar-refractivity contribution is 1.07. The summed E-state index contributed by atoms with van der Waals surface area (Å²) in [4.78, 5) is 16.4. The Balaban J connectivity index is 1.00. The summed E-state index contributed by atoms with van der Waals surface area (Å²) in [6.07, 6.45) is 10.1. The monoisotopic (exact) mass is 1100 g/mol. The molecule has 0 aliphatic carbocycles. The van der Waals surface area contributed by atoms with Gasteiger partial charge in [0.05, 0.1) is 27.8 Å². The molecule has 15 rings (SSSR count). The first kappa shape index (κ1) is 51.4. The van der Waals surface area contributed by atoms with E-state index in [-0.39, 0.29) is 0 Å². The minimum atomic E-state index is 0.549. The van der Waals surface area contributed by atoms with E-state index in [9.17, 15) is 0 Å². The van der Waals surface area contributed by atoms with E-state index in [1.54, 1.807) is 6.08 Å². The highest BCUT2D eigenvalue weighted by Gasteiger charge is 2.24. The van der Waals surface area contributed by atoms with Gasteiger partial charge in [-0.15, -0.1) is 0 Å². The molecule has 0 amide bonds. The lowest BCUT2D eigenvalue weighted by Crippen LogP contribution is -2.04. The Kier molecular flexibility index (Phi) is 13.3. The minimum Gasteiger partial charge on any atom is -0.309 e. The summed E-state index contributed by atoms with van der Waals surface area (Å²) >= 11 is 0. The van der Waals surface area contributed by atoms with Crippen LogP contribution in [0, 0.1) is 0 Å². The van der Waals surface area contributed by atoms with Gasteiger partial charge in [0.1, 0.15) is 0 Å². The highest BCUT2D eigenvalue weighted by Crippen LogP contribution is 2.44. The molecule has 0 bridgehead atoms. The van der Waals surface area contributed by atoms with Crippen molar-refractivity contribution in [2.75, 3.05) is 0 Å². The number of hydrogen-bond donors (Lipinski definition) is 0. The quantitative estimate of drug-likeness (QED) is 0.108. The number of para-hydroxylation sites is 2. The maximum Gasteiger partial charge on any atom is 0.164 e. The number of aromatic nitrogens is 5. The molecule has 3 heterocycles. The van der Waals surface area contributed by atoms with Crippen LogP contribution in [0.15, 0.2) is 322 Å². The predicted octanol–water partition coefficient (Wildman–Crippen LogP) is 21.2. The molecule has 0 saturated heterocycles. The van der Waals surface area contributed by atoms with Crippen molar-refractivity contribution in [2.45, 2.75) is 0 Å². The summed E-state index contributed by atoms with van der Waals surface area (Å²) in [6, 6.07) is 104. The summed E-state index contributed by atoms with van der Waals surface area (Å²) in [5.41, 5.74) is 21.1. The van der Waals surface area contributed by atoms with Crippen LogP contribution in [-0.4, -0.2) is 24.1 Å². The molecule has 0 atom stereocenters. The summed E-state index contributed by atoms with van der Waals surface area (Å²) in [6.45, 7) is 4.01. The lowest BCUT2D eigenvalue weighted by atomic mass is 9.95. The maximum absolute atomic E-state index is 5.55. The van der Waals surface area contributed by atoms with E-state index >= 15 is 0 Å². The van der Waals surface area contributed by atoms with Crippen LogP contribution in [0.2, 0.25) is 0 Å². The van der Waals surface area contributed by atoms with Gasteiger partial charge in [-0.05, 0) is 122 Å². The van der Waals surface area contributed by atoms with Crippen LogP contribution in [0.4, 0.5) is 0 Å². The predicted molar refractivity (Wildman–Crippen MR) is 360 cm³/mol. The molecule has 0 spiro atoms. The zero-order valence-corrected chi connectivity index (χ0v) is 47.0. The molecule has 0 saturated carbocycles. The molecule has 0 radical (unpaired) electrons. The number of allylic oxidation sites excluding steroid dienone is 4. The molecule has 0 N–H and O–H groups in total. The van der Waals surface area contributed by atoms with Crippen molar-refractivity contribution in [1.29, 1.82) is 0 Å². The topological polar surface area (TPSA) is 48.5 Å². The van der Waals surface area contributed by atoms with E-state index in [1.165, 1.54) is 21.8 Å². The van der Waals surface area contributed by atoms with Gasteiger partial charge in [-0.3, -0.25) is 0 Å². The second-order valence-corrected chi connectivity index (χ2v) is 21.6. The molecule has 5 heteroatoms. The van der Waals surface area contributed by atoms with Crippen LogP contribution in [0.25, 0.3) is 151 Å². The highest BCUT2D eigenvalue weighted by atomic mass is 15.0. The van der Waals surface area contributed by atoms with E-state index in [1.807, 2.05) is 18.2 Å². The molecule has 3 aromatic heterocycles. The Morgan fingerprint density at radius 1 is 0.267 bits per heavy atom. The molecule has 5 nitrogen and oxygen atoms in total. The Morgan fingerprint density at radius 2 is 0.698 bits per heavy atom. The first-order chi connectivity index (χ1) is 42.6. The lowest BCUT2D eigenvalue weighted by Gasteiger charge is -2.20. The van der Waals surface area contributed by atoms with Crippen molar-refractivity contribution in [3.05, 3.63) is 328 Å². The third-order valence-electron chi connectivity index (χ3n) is 16.3. The molecular weight excluding hydrogens is 1040 g/mol. The molecule has 86 heavy (non-hydrogen) atoms. The van der Waals surface area contributed by atoms with Gasteiger partial charge in [-0.2, -0.15) is 0 Å².